The second-order valence-corrected chi connectivity index (χ2v) is 6.70. The highest BCUT2D eigenvalue weighted by molar-refractivity contribution is 7.09. The van der Waals surface area contributed by atoms with Gasteiger partial charge in [0.2, 0.25) is 0 Å². The van der Waals surface area contributed by atoms with Crippen LogP contribution in [-0.2, 0) is 11.3 Å². The number of rotatable bonds is 4. The highest BCUT2D eigenvalue weighted by Gasteiger charge is 2.30. The van der Waals surface area contributed by atoms with Crippen molar-refractivity contribution >= 4 is 23.2 Å². The van der Waals surface area contributed by atoms with Crippen LogP contribution in [0.2, 0.25) is 0 Å². The second-order valence-electron chi connectivity index (χ2n) is 5.81. The normalized spacial score (nSPS) is 17.2. The van der Waals surface area contributed by atoms with Crippen LogP contribution in [0, 0.1) is 6.92 Å². The van der Waals surface area contributed by atoms with Crippen LogP contribution in [0.5, 0.6) is 0 Å². The Hall–Kier alpha value is -2.48. The van der Waals surface area contributed by atoms with Crippen LogP contribution in [0.25, 0.3) is 0 Å². The lowest BCUT2D eigenvalue weighted by Crippen LogP contribution is -2.36. The van der Waals surface area contributed by atoms with Crippen LogP contribution in [0.4, 0.5) is 0 Å². The average Bonchev–Trinajstić information content (AvgIpc) is 3.17. The summed E-state index contributed by atoms with van der Waals surface area (Å²) in [6.07, 6.45) is 2.19. The molecule has 1 aliphatic heterocycles. The van der Waals surface area contributed by atoms with E-state index in [1.165, 1.54) is 18.3 Å². The van der Waals surface area contributed by atoms with E-state index in [9.17, 15) is 14.4 Å². The molecular weight excluding hydrogens is 330 g/mol. The first kappa shape index (κ1) is 16.4. The van der Waals surface area contributed by atoms with Gasteiger partial charge in [-0.15, -0.1) is 11.3 Å². The summed E-state index contributed by atoms with van der Waals surface area (Å²) >= 11 is 1.59. The van der Waals surface area contributed by atoms with E-state index in [1.807, 2.05) is 12.3 Å². The van der Waals surface area contributed by atoms with Gasteiger partial charge in [0.25, 0.3) is 11.5 Å². The van der Waals surface area contributed by atoms with E-state index in [0.29, 0.717) is 13.1 Å². The molecule has 24 heavy (non-hydrogen) atoms. The fourth-order valence-corrected chi connectivity index (χ4v) is 3.77. The molecule has 1 amide bonds. The fourth-order valence-electron chi connectivity index (χ4n) is 2.85. The number of likely N-dealkylation sites (tertiary alicyclic amines) is 1. The lowest BCUT2D eigenvalue weighted by Gasteiger charge is -2.16. The third kappa shape index (κ3) is 3.23. The molecular formula is C16H17N3O4S. The van der Waals surface area contributed by atoms with Gasteiger partial charge in [-0.2, -0.15) is 0 Å². The first-order valence-electron chi connectivity index (χ1n) is 7.58. The number of carboxylic acid groups (broad SMARTS) is 1. The van der Waals surface area contributed by atoms with Crippen LogP contribution >= 0.6 is 11.3 Å². The molecule has 1 atom stereocenters. The Bertz CT molecular complexity index is 842. The molecule has 0 aromatic carbocycles. The molecule has 2 aromatic rings. The summed E-state index contributed by atoms with van der Waals surface area (Å²) in [6.45, 7) is 2.57. The molecule has 3 heterocycles. The van der Waals surface area contributed by atoms with E-state index < -0.39 is 18.1 Å². The molecule has 0 spiro atoms. The number of carboxylic acids is 1. The lowest BCUT2D eigenvalue weighted by molar-refractivity contribution is -0.137. The molecule has 7 nitrogen and oxygen atoms in total. The van der Waals surface area contributed by atoms with Crippen molar-refractivity contribution in [3.63, 3.8) is 0 Å². The summed E-state index contributed by atoms with van der Waals surface area (Å²) in [4.78, 5) is 41.8. The van der Waals surface area contributed by atoms with Crippen LogP contribution in [0.15, 0.2) is 28.5 Å². The summed E-state index contributed by atoms with van der Waals surface area (Å²) in [5.74, 6) is -1.28. The third-order valence-electron chi connectivity index (χ3n) is 4.02. The van der Waals surface area contributed by atoms with Gasteiger partial charge in [-0.3, -0.25) is 14.4 Å². The molecule has 1 fully saturated rings. The number of nitrogens with zero attached hydrogens (tertiary/aromatic N) is 3. The molecule has 126 valence electrons. The molecule has 0 saturated carbocycles. The minimum Gasteiger partial charge on any atom is -0.480 e. The number of hydrogen-bond acceptors (Lipinski definition) is 5. The molecule has 0 radical (unpaired) electrons. The highest BCUT2D eigenvalue weighted by atomic mass is 32.1. The standard InChI is InChI=1S/C16H17N3O4S/c1-10-9-24-14(17-10)11-4-6-19(7-11)16(23)12-3-2-5-18(15(12)22)8-13(20)21/h2-3,5,9,11H,4,6-8H2,1H3,(H,20,21). The number of aliphatic carboxylic acids is 1. The van der Waals surface area contributed by atoms with Crippen molar-refractivity contribution < 1.29 is 14.7 Å². The molecule has 1 aliphatic rings. The summed E-state index contributed by atoms with van der Waals surface area (Å²) in [5.41, 5.74) is 0.410. The number of aryl methyl sites for hydroxylation is 1. The van der Waals surface area contributed by atoms with Crippen molar-refractivity contribution in [2.45, 2.75) is 25.8 Å². The maximum Gasteiger partial charge on any atom is 0.323 e. The number of thiazole rings is 1. The minimum atomic E-state index is -1.12. The number of pyridine rings is 1. The number of aromatic nitrogens is 2. The van der Waals surface area contributed by atoms with Crippen molar-refractivity contribution in [2.24, 2.45) is 0 Å². The Kier molecular flexibility index (Phi) is 4.48. The Morgan fingerprint density at radius 2 is 2.25 bits per heavy atom. The van der Waals surface area contributed by atoms with Gasteiger partial charge in [0.15, 0.2) is 0 Å². The van der Waals surface area contributed by atoms with Crippen molar-refractivity contribution in [3.05, 3.63) is 50.3 Å². The number of carbonyl (C=O) groups is 2. The molecule has 1 N–H and O–H groups in total. The Morgan fingerprint density at radius 1 is 1.46 bits per heavy atom. The number of hydrogen-bond donors (Lipinski definition) is 1. The van der Waals surface area contributed by atoms with E-state index in [-0.39, 0.29) is 17.4 Å². The zero-order valence-electron chi connectivity index (χ0n) is 13.1. The van der Waals surface area contributed by atoms with Gasteiger partial charge in [0.05, 0.1) is 5.01 Å². The number of carbonyl (C=O) groups excluding carboxylic acids is 1. The van der Waals surface area contributed by atoms with Gasteiger partial charge < -0.3 is 14.6 Å². The van der Waals surface area contributed by atoms with E-state index in [1.54, 1.807) is 16.2 Å². The molecule has 3 rings (SSSR count). The lowest BCUT2D eigenvalue weighted by atomic mass is 10.1. The summed E-state index contributed by atoms with van der Waals surface area (Å²) in [6, 6.07) is 2.97. The minimum absolute atomic E-state index is 0.00900. The number of amides is 1. The molecule has 0 bridgehead atoms. The first-order chi connectivity index (χ1) is 11.5. The van der Waals surface area contributed by atoms with E-state index in [2.05, 4.69) is 4.98 Å². The largest absolute Gasteiger partial charge is 0.480 e. The fraction of sp³-hybridized carbons (Fsp3) is 0.375. The topological polar surface area (TPSA) is 92.5 Å². The van der Waals surface area contributed by atoms with E-state index >= 15 is 0 Å². The molecule has 1 saturated heterocycles. The van der Waals surface area contributed by atoms with Crippen LogP contribution in [-0.4, -0.2) is 44.5 Å². The predicted octanol–water partition coefficient (Wildman–Crippen LogP) is 1.33. The van der Waals surface area contributed by atoms with Gasteiger partial charge in [-0.1, -0.05) is 0 Å². The molecule has 8 heteroatoms. The molecule has 0 aliphatic carbocycles. The average molecular weight is 347 g/mol. The van der Waals surface area contributed by atoms with Crippen LogP contribution < -0.4 is 5.56 Å². The van der Waals surface area contributed by atoms with Crippen molar-refractivity contribution in [1.82, 2.24) is 14.5 Å². The van der Waals surface area contributed by atoms with Gasteiger partial charge in [0.1, 0.15) is 12.1 Å². The van der Waals surface area contributed by atoms with E-state index in [4.69, 9.17) is 5.11 Å². The SMILES string of the molecule is Cc1csc(C2CCN(C(=O)c3cccn(CC(=O)O)c3=O)C2)n1. The summed E-state index contributed by atoms with van der Waals surface area (Å²) < 4.78 is 1.04. The van der Waals surface area contributed by atoms with E-state index in [0.717, 1.165) is 21.7 Å². The van der Waals surface area contributed by atoms with Gasteiger partial charge in [-0.05, 0) is 25.5 Å². The summed E-state index contributed by atoms with van der Waals surface area (Å²) in [7, 11) is 0. The molecule has 2 aromatic heterocycles. The monoisotopic (exact) mass is 347 g/mol. The Labute approximate surface area is 142 Å². The summed E-state index contributed by atoms with van der Waals surface area (Å²) in [5, 5.41) is 11.8. The van der Waals surface area contributed by atoms with Gasteiger partial charge >= 0.3 is 5.97 Å². The zero-order valence-corrected chi connectivity index (χ0v) is 14.0. The predicted molar refractivity (Wildman–Crippen MR) is 88.5 cm³/mol. The smallest absolute Gasteiger partial charge is 0.323 e. The van der Waals surface area contributed by atoms with Crippen LogP contribution in [0.1, 0.15) is 33.4 Å². The van der Waals surface area contributed by atoms with Crippen molar-refractivity contribution in [1.29, 1.82) is 0 Å². The van der Waals surface area contributed by atoms with Crippen molar-refractivity contribution in [2.75, 3.05) is 13.1 Å². The first-order valence-corrected chi connectivity index (χ1v) is 8.46. The third-order valence-corrected chi connectivity index (χ3v) is 5.14. The van der Waals surface area contributed by atoms with Crippen molar-refractivity contribution in [3.8, 4) is 0 Å². The Balaban J connectivity index is 1.78. The maximum atomic E-state index is 12.6. The molecule has 1 unspecified atom stereocenters. The second kappa shape index (κ2) is 6.56. The highest BCUT2D eigenvalue weighted by Crippen LogP contribution is 2.29. The van der Waals surface area contributed by atoms with Crippen LogP contribution in [0.3, 0.4) is 0 Å². The zero-order chi connectivity index (χ0) is 17.3. The quantitative estimate of drug-likeness (QED) is 0.901. The van der Waals surface area contributed by atoms with Gasteiger partial charge in [0, 0.05) is 36.3 Å². The Morgan fingerprint density at radius 3 is 2.92 bits per heavy atom. The maximum absolute atomic E-state index is 12.6. The van der Waals surface area contributed by atoms with Gasteiger partial charge in [-0.25, -0.2) is 4.98 Å².